The van der Waals surface area contributed by atoms with Crippen molar-refractivity contribution in [1.29, 1.82) is 0 Å². The molecule has 1 heterocycles. The van der Waals surface area contributed by atoms with Gasteiger partial charge in [0, 0.05) is 36.3 Å². The second-order valence-corrected chi connectivity index (χ2v) is 8.71. The van der Waals surface area contributed by atoms with Gasteiger partial charge in [-0.2, -0.15) is 4.31 Å². The molecule has 1 aliphatic rings. The lowest BCUT2D eigenvalue weighted by Crippen LogP contribution is -2.40. The molecule has 0 aromatic heterocycles. The Hall–Kier alpha value is -2.20. The maximum absolute atomic E-state index is 13.1. The van der Waals surface area contributed by atoms with Crippen LogP contribution in [-0.2, 0) is 14.8 Å². The first-order valence-electron chi connectivity index (χ1n) is 8.67. The SMILES string of the molecule is C[C@@H](Nc1ccc([N+](=O)[O-])cc1S(=O)(=O)N1CCOCC1)c1ccc(Cl)cc1. The Morgan fingerprint density at radius 3 is 2.43 bits per heavy atom. The fourth-order valence-corrected chi connectivity index (χ4v) is 4.66. The van der Waals surface area contributed by atoms with Gasteiger partial charge in [0.1, 0.15) is 4.90 Å². The van der Waals surface area contributed by atoms with Gasteiger partial charge in [0.25, 0.3) is 5.69 Å². The lowest BCUT2D eigenvalue weighted by atomic mass is 10.1. The zero-order valence-electron chi connectivity index (χ0n) is 15.2. The molecule has 0 amide bonds. The predicted molar refractivity (Wildman–Crippen MR) is 106 cm³/mol. The Bertz CT molecular complexity index is 960. The minimum Gasteiger partial charge on any atom is -0.379 e. The maximum Gasteiger partial charge on any atom is 0.270 e. The van der Waals surface area contributed by atoms with Crippen LogP contribution in [0.4, 0.5) is 11.4 Å². The number of anilines is 1. The topological polar surface area (TPSA) is 102 Å². The van der Waals surface area contributed by atoms with E-state index in [-0.39, 0.29) is 42.9 Å². The number of ether oxygens (including phenoxy) is 1. The Morgan fingerprint density at radius 2 is 1.82 bits per heavy atom. The molecule has 8 nitrogen and oxygen atoms in total. The van der Waals surface area contributed by atoms with Gasteiger partial charge in [0.15, 0.2) is 0 Å². The van der Waals surface area contributed by atoms with Crippen molar-refractivity contribution in [2.75, 3.05) is 31.6 Å². The second kappa shape index (κ2) is 8.44. The first-order valence-corrected chi connectivity index (χ1v) is 10.5. The number of hydrogen-bond donors (Lipinski definition) is 1. The van der Waals surface area contributed by atoms with E-state index in [4.69, 9.17) is 16.3 Å². The van der Waals surface area contributed by atoms with Crippen molar-refractivity contribution in [2.45, 2.75) is 17.9 Å². The van der Waals surface area contributed by atoms with E-state index >= 15 is 0 Å². The molecular weight excluding hydrogens is 406 g/mol. The molecule has 1 atom stereocenters. The van der Waals surface area contributed by atoms with Gasteiger partial charge in [-0.1, -0.05) is 23.7 Å². The first kappa shape index (κ1) is 20.5. The molecule has 28 heavy (non-hydrogen) atoms. The van der Waals surface area contributed by atoms with Crippen molar-refractivity contribution in [3.63, 3.8) is 0 Å². The molecule has 1 saturated heterocycles. The third kappa shape index (κ3) is 4.44. The Labute approximate surface area is 168 Å². The number of hydrogen-bond acceptors (Lipinski definition) is 6. The van der Waals surface area contributed by atoms with Gasteiger partial charge in [0.2, 0.25) is 10.0 Å². The van der Waals surface area contributed by atoms with Crippen LogP contribution in [0.2, 0.25) is 5.02 Å². The average molecular weight is 426 g/mol. The first-order chi connectivity index (χ1) is 13.3. The molecule has 1 N–H and O–H groups in total. The Balaban J connectivity index is 1.98. The molecule has 1 aliphatic heterocycles. The molecule has 0 aliphatic carbocycles. The molecule has 0 spiro atoms. The second-order valence-electron chi connectivity index (χ2n) is 6.37. The van der Waals surface area contributed by atoms with E-state index in [0.29, 0.717) is 10.7 Å². The summed E-state index contributed by atoms with van der Waals surface area (Å²) in [5.41, 5.74) is 0.925. The molecule has 0 saturated carbocycles. The van der Waals surface area contributed by atoms with Gasteiger partial charge in [-0.15, -0.1) is 0 Å². The Kier molecular flexibility index (Phi) is 6.19. The van der Waals surface area contributed by atoms with Gasteiger partial charge in [-0.25, -0.2) is 8.42 Å². The van der Waals surface area contributed by atoms with E-state index in [2.05, 4.69) is 5.32 Å². The lowest BCUT2D eigenvalue weighted by Gasteiger charge is -2.27. The van der Waals surface area contributed by atoms with Crippen LogP contribution in [0.5, 0.6) is 0 Å². The molecule has 0 bridgehead atoms. The van der Waals surface area contributed by atoms with E-state index in [9.17, 15) is 18.5 Å². The maximum atomic E-state index is 13.1. The molecule has 150 valence electrons. The summed E-state index contributed by atoms with van der Waals surface area (Å²) in [6.07, 6.45) is 0. The van der Waals surface area contributed by atoms with E-state index in [1.165, 1.54) is 16.4 Å². The van der Waals surface area contributed by atoms with Gasteiger partial charge < -0.3 is 10.1 Å². The van der Waals surface area contributed by atoms with Gasteiger partial charge in [-0.3, -0.25) is 10.1 Å². The number of halogens is 1. The highest BCUT2D eigenvalue weighted by Gasteiger charge is 2.30. The summed E-state index contributed by atoms with van der Waals surface area (Å²) in [7, 11) is -3.92. The van der Waals surface area contributed by atoms with Crippen LogP contribution in [0.1, 0.15) is 18.5 Å². The summed E-state index contributed by atoms with van der Waals surface area (Å²) in [6, 6.07) is 10.7. The molecule has 0 unspecified atom stereocenters. The van der Waals surface area contributed by atoms with E-state index in [1.54, 1.807) is 12.1 Å². The van der Waals surface area contributed by atoms with E-state index in [1.807, 2.05) is 19.1 Å². The highest BCUT2D eigenvalue weighted by molar-refractivity contribution is 7.89. The summed E-state index contributed by atoms with van der Waals surface area (Å²) < 4.78 is 32.8. The fourth-order valence-electron chi connectivity index (χ4n) is 2.95. The standard InChI is InChI=1S/C18H20ClN3O5S/c1-13(14-2-4-15(19)5-3-14)20-17-7-6-16(22(23)24)12-18(17)28(25,26)21-8-10-27-11-9-21/h2-7,12-13,20H,8-11H2,1H3/t13-/m1/s1. The quantitative estimate of drug-likeness (QED) is 0.561. The third-order valence-corrected chi connectivity index (χ3v) is 6.70. The summed E-state index contributed by atoms with van der Waals surface area (Å²) in [4.78, 5) is 10.5. The molecule has 0 radical (unpaired) electrons. The third-order valence-electron chi connectivity index (χ3n) is 4.51. The van der Waals surface area contributed by atoms with E-state index < -0.39 is 14.9 Å². The number of morpholine rings is 1. The van der Waals surface area contributed by atoms with Crippen LogP contribution in [0.25, 0.3) is 0 Å². The summed E-state index contributed by atoms with van der Waals surface area (Å²) >= 11 is 5.92. The molecule has 2 aromatic carbocycles. The summed E-state index contributed by atoms with van der Waals surface area (Å²) in [5.74, 6) is 0. The zero-order chi connectivity index (χ0) is 20.3. The molecular formula is C18H20ClN3O5S. The van der Waals surface area contributed by atoms with Crippen LogP contribution in [-0.4, -0.2) is 43.9 Å². The number of non-ortho nitro benzene ring substituents is 1. The minimum absolute atomic E-state index is 0.121. The van der Waals surface area contributed by atoms with Crippen molar-refractivity contribution in [3.8, 4) is 0 Å². The molecule has 2 aromatic rings. The van der Waals surface area contributed by atoms with Gasteiger partial charge in [0.05, 0.1) is 23.8 Å². The van der Waals surface area contributed by atoms with Crippen molar-refractivity contribution in [1.82, 2.24) is 4.31 Å². The number of rotatable bonds is 6. The smallest absolute Gasteiger partial charge is 0.270 e. The summed E-state index contributed by atoms with van der Waals surface area (Å²) in [6.45, 7) is 2.86. The normalized spacial score (nSPS) is 16.5. The van der Waals surface area contributed by atoms with Crippen molar-refractivity contribution in [3.05, 3.63) is 63.2 Å². The van der Waals surface area contributed by atoms with Gasteiger partial charge >= 0.3 is 0 Å². The lowest BCUT2D eigenvalue weighted by molar-refractivity contribution is -0.385. The van der Waals surface area contributed by atoms with Crippen LogP contribution in [0.15, 0.2) is 47.4 Å². The number of nitro benzene ring substituents is 1. The monoisotopic (exact) mass is 425 g/mol. The molecule has 1 fully saturated rings. The number of sulfonamides is 1. The molecule has 3 rings (SSSR count). The summed E-state index contributed by atoms with van der Waals surface area (Å²) in [5, 5.41) is 14.9. The van der Waals surface area contributed by atoms with Crippen molar-refractivity contribution >= 4 is 33.0 Å². The van der Waals surface area contributed by atoms with Crippen LogP contribution < -0.4 is 5.32 Å². The highest BCUT2D eigenvalue weighted by atomic mass is 35.5. The number of nitrogens with one attached hydrogen (secondary N) is 1. The fraction of sp³-hybridized carbons (Fsp3) is 0.333. The molecule has 10 heteroatoms. The number of benzene rings is 2. The zero-order valence-corrected chi connectivity index (χ0v) is 16.7. The predicted octanol–water partition coefficient (Wildman–Crippen LogP) is 3.44. The number of nitrogens with zero attached hydrogens (tertiary/aromatic N) is 2. The van der Waals surface area contributed by atoms with Gasteiger partial charge in [-0.05, 0) is 30.7 Å². The highest BCUT2D eigenvalue weighted by Crippen LogP contribution is 2.32. The van der Waals surface area contributed by atoms with Crippen molar-refractivity contribution < 1.29 is 18.1 Å². The van der Waals surface area contributed by atoms with E-state index in [0.717, 1.165) is 11.6 Å². The Morgan fingerprint density at radius 1 is 1.18 bits per heavy atom. The largest absolute Gasteiger partial charge is 0.379 e. The van der Waals surface area contributed by atoms with Crippen molar-refractivity contribution in [2.24, 2.45) is 0 Å². The van der Waals surface area contributed by atoms with Crippen LogP contribution in [0.3, 0.4) is 0 Å². The minimum atomic E-state index is -3.92. The number of nitro groups is 1. The average Bonchev–Trinajstić information content (AvgIpc) is 2.69. The van der Waals surface area contributed by atoms with Crippen LogP contribution in [0, 0.1) is 10.1 Å². The van der Waals surface area contributed by atoms with Crippen LogP contribution >= 0.6 is 11.6 Å².